The Hall–Kier alpha value is -1.76. The van der Waals surface area contributed by atoms with Gasteiger partial charge in [-0.15, -0.1) is 22.7 Å². The van der Waals surface area contributed by atoms with Crippen LogP contribution in [0.5, 0.6) is 0 Å². The van der Waals surface area contributed by atoms with Crippen molar-refractivity contribution in [2.24, 2.45) is 0 Å². The highest BCUT2D eigenvalue weighted by Gasteiger charge is 2.11. The van der Waals surface area contributed by atoms with Crippen LogP contribution in [0, 0.1) is 6.92 Å². The number of hydrogen-bond donors (Lipinski definition) is 1. The van der Waals surface area contributed by atoms with E-state index < -0.39 is 0 Å². The first-order chi connectivity index (χ1) is 12.1. The number of aryl methyl sites for hydroxylation is 2. The van der Waals surface area contributed by atoms with Crippen LogP contribution in [-0.2, 0) is 6.42 Å². The van der Waals surface area contributed by atoms with Gasteiger partial charge < -0.3 is 5.32 Å². The fourth-order valence-electron chi connectivity index (χ4n) is 2.31. The fraction of sp³-hybridized carbons (Fsp3) is 0.278. The lowest BCUT2D eigenvalue weighted by molar-refractivity contribution is 0.0949. The van der Waals surface area contributed by atoms with Crippen molar-refractivity contribution in [3.63, 3.8) is 0 Å². The van der Waals surface area contributed by atoms with Crippen molar-refractivity contribution in [1.82, 2.24) is 15.3 Å². The van der Waals surface area contributed by atoms with Gasteiger partial charge in [0.25, 0.3) is 5.91 Å². The Bertz CT molecular complexity index is 842. The van der Waals surface area contributed by atoms with Gasteiger partial charge >= 0.3 is 0 Å². The average Bonchev–Trinajstić information content (AvgIpc) is 3.24. The largest absolute Gasteiger partial charge is 0.351 e. The molecule has 0 atom stereocenters. The molecule has 0 spiro atoms. The molecular weight excluding hydrogens is 374 g/mol. The predicted octanol–water partition coefficient (Wildman–Crippen LogP) is 4.98. The van der Waals surface area contributed by atoms with E-state index in [9.17, 15) is 4.79 Å². The number of unbranched alkanes of at least 4 members (excludes halogenated alkanes) is 1. The van der Waals surface area contributed by atoms with E-state index >= 15 is 0 Å². The van der Waals surface area contributed by atoms with Gasteiger partial charge in [0.2, 0.25) is 0 Å². The summed E-state index contributed by atoms with van der Waals surface area (Å²) in [6.07, 6.45) is 2.91. The molecule has 3 rings (SSSR count). The third-order valence-electron chi connectivity index (χ3n) is 3.60. The number of hydrogen-bond acceptors (Lipinski definition) is 5. The molecule has 0 aliphatic rings. The first kappa shape index (κ1) is 18.0. The molecule has 0 aliphatic carbocycles. The second-order valence-electron chi connectivity index (χ2n) is 5.64. The van der Waals surface area contributed by atoms with Gasteiger partial charge in [-0.05, 0) is 38.3 Å². The summed E-state index contributed by atoms with van der Waals surface area (Å²) in [7, 11) is 0. The number of carbonyl (C=O) groups excluding carboxylic acids is 1. The molecule has 2 aromatic heterocycles. The lowest BCUT2D eigenvalue weighted by Crippen LogP contribution is -2.24. The SMILES string of the molecule is Cc1csc(CCCCNC(=O)c2csc(-c3ccc(Cl)cc3)n2)n1. The molecule has 4 nitrogen and oxygen atoms in total. The summed E-state index contributed by atoms with van der Waals surface area (Å²) in [5.74, 6) is -0.124. The molecular formula is C18H18ClN3OS2. The van der Waals surface area contributed by atoms with Crippen LogP contribution in [0.15, 0.2) is 35.0 Å². The second-order valence-corrected chi connectivity index (χ2v) is 7.88. The topological polar surface area (TPSA) is 54.9 Å². The van der Waals surface area contributed by atoms with Crippen LogP contribution < -0.4 is 5.32 Å². The molecule has 0 radical (unpaired) electrons. The highest BCUT2D eigenvalue weighted by molar-refractivity contribution is 7.13. The number of benzene rings is 1. The average molecular weight is 392 g/mol. The molecule has 25 heavy (non-hydrogen) atoms. The zero-order chi connectivity index (χ0) is 17.6. The minimum absolute atomic E-state index is 0.124. The number of aromatic nitrogens is 2. The van der Waals surface area contributed by atoms with E-state index in [-0.39, 0.29) is 5.91 Å². The van der Waals surface area contributed by atoms with Crippen molar-refractivity contribution >= 4 is 40.2 Å². The fourth-order valence-corrected chi connectivity index (χ4v) is 4.06. The molecule has 0 fully saturated rings. The Morgan fingerprint density at radius 2 is 1.92 bits per heavy atom. The van der Waals surface area contributed by atoms with E-state index in [0.717, 1.165) is 40.5 Å². The van der Waals surface area contributed by atoms with E-state index in [1.165, 1.54) is 11.3 Å². The number of thiazole rings is 2. The summed E-state index contributed by atoms with van der Waals surface area (Å²) in [6.45, 7) is 2.66. The number of rotatable bonds is 7. The molecule has 0 aliphatic heterocycles. The highest BCUT2D eigenvalue weighted by atomic mass is 35.5. The minimum Gasteiger partial charge on any atom is -0.351 e. The van der Waals surface area contributed by atoms with Crippen molar-refractivity contribution in [2.75, 3.05) is 6.54 Å². The highest BCUT2D eigenvalue weighted by Crippen LogP contribution is 2.25. The Balaban J connectivity index is 1.44. The van der Waals surface area contributed by atoms with Crippen molar-refractivity contribution in [1.29, 1.82) is 0 Å². The van der Waals surface area contributed by atoms with Crippen LogP contribution >= 0.6 is 34.3 Å². The van der Waals surface area contributed by atoms with Gasteiger partial charge in [0.1, 0.15) is 10.7 Å². The standard InChI is InChI=1S/C18H18ClN3OS2/c1-12-10-24-16(21-12)4-2-3-9-20-17(23)15-11-25-18(22-15)13-5-7-14(19)8-6-13/h5-8,10-11H,2-4,9H2,1H3,(H,20,23). The van der Waals surface area contributed by atoms with Gasteiger partial charge in [0.15, 0.2) is 0 Å². The number of amides is 1. The zero-order valence-electron chi connectivity index (χ0n) is 13.8. The normalized spacial score (nSPS) is 10.8. The van der Waals surface area contributed by atoms with Gasteiger partial charge in [-0.1, -0.05) is 23.7 Å². The lowest BCUT2D eigenvalue weighted by Gasteiger charge is -2.02. The molecule has 0 saturated heterocycles. The quantitative estimate of drug-likeness (QED) is 0.578. The molecule has 2 heterocycles. The Kier molecular flexibility index (Phi) is 6.18. The van der Waals surface area contributed by atoms with Crippen molar-refractivity contribution < 1.29 is 4.79 Å². The first-order valence-electron chi connectivity index (χ1n) is 8.02. The van der Waals surface area contributed by atoms with E-state index in [0.29, 0.717) is 17.3 Å². The van der Waals surface area contributed by atoms with E-state index in [4.69, 9.17) is 11.6 Å². The van der Waals surface area contributed by atoms with Crippen LogP contribution in [-0.4, -0.2) is 22.4 Å². The van der Waals surface area contributed by atoms with Crippen LogP contribution in [0.3, 0.4) is 0 Å². The zero-order valence-corrected chi connectivity index (χ0v) is 16.2. The lowest BCUT2D eigenvalue weighted by atomic mass is 10.2. The maximum Gasteiger partial charge on any atom is 0.270 e. The first-order valence-corrected chi connectivity index (χ1v) is 10.2. The predicted molar refractivity (Wildman–Crippen MR) is 105 cm³/mol. The van der Waals surface area contributed by atoms with Gasteiger partial charge in [-0.3, -0.25) is 4.79 Å². The van der Waals surface area contributed by atoms with Gasteiger partial charge in [0, 0.05) is 33.6 Å². The van der Waals surface area contributed by atoms with Crippen molar-refractivity contribution in [2.45, 2.75) is 26.2 Å². The van der Waals surface area contributed by atoms with Crippen molar-refractivity contribution in [3.05, 3.63) is 56.4 Å². The number of nitrogens with zero attached hydrogens (tertiary/aromatic N) is 2. The third-order valence-corrected chi connectivity index (χ3v) is 5.77. The van der Waals surface area contributed by atoms with Crippen molar-refractivity contribution in [3.8, 4) is 10.6 Å². The Morgan fingerprint density at radius 1 is 1.12 bits per heavy atom. The van der Waals surface area contributed by atoms with Crippen LogP contribution in [0.1, 0.15) is 34.0 Å². The molecule has 1 aromatic carbocycles. The van der Waals surface area contributed by atoms with Crippen LogP contribution in [0.25, 0.3) is 10.6 Å². The molecule has 3 aromatic rings. The summed E-state index contributed by atoms with van der Waals surface area (Å²) < 4.78 is 0. The Labute approximate surface area is 159 Å². The van der Waals surface area contributed by atoms with Gasteiger partial charge in [-0.2, -0.15) is 0 Å². The third kappa shape index (κ3) is 5.11. The molecule has 1 amide bonds. The minimum atomic E-state index is -0.124. The molecule has 130 valence electrons. The molecule has 0 saturated carbocycles. The number of nitrogens with one attached hydrogen (secondary N) is 1. The molecule has 0 unspecified atom stereocenters. The second kappa shape index (κ2) is 8.56. The molecule has 7 heteroatoms. The maximum absolute atomic E-state index is 12.2. The summed E-state index contributed by atoms with van der Waals surface area (Å²) in [5, 5.41) is 9.46. The van der Waals surface area contributed by atoms with Gasteiger partial charge in [-0.25, -0.2) is 9.97 Å². The smallest absolute Gasteiger partial charge is 0.270 e. The van der Waals surface area contributed by atoms with E-state index in [2.05, 4.69) is 20.7 Å². The van der Waals surface area contributed by atoms with Crippen LogP contribution in [0.2, 0.25) is 5.02 Å². The Morgan fingerprint density at radius 3 is 2.64 bits per heavy atom. The summed E-state index contributed by atoms with van der Waals surface area (Å²) >= 11 is 9.05. The molecule has 1 N–H and O–H groups in total. The summed E-state index contributed by atoms with van der Waals surface area (Å²) in [6, 6.07) is 7.45. The number of halogens is 1. The van der Waals surface area contributed by atoms with E-state index in [1.54, 1.807) is 16.7 Å². The van der Waals surface area contributed by atoms with Gasteiger partial charge in [0.05, 0.1) is 5.01 Å². The monoisotopic (exact) mass is 391 g/mol. The van der Waals surface area contributed by atoms with E-state index in [1.807, 2.05) is 31.2 Å². The summed E-state index contributed by atoms with van der Waals surface area (Å²) in [5.41, 5.74) is 2.51. The van der Waals surface area contributed by atoms with Crippen LogP contribution in [0.4, 0.5) is 0 Å². The summed E-state index contributed by atoms with van der Waals surface area (Å²) in [4.78, 5) is 21.0. The number of carbonyl (C=O) groups is 1. The maximum atomic E-state index is 12.2. The molecule has 0 bridgehead atoms.